The first-order valence-corrected chi connectivity index (χ1v) is 8.19. The molecule has 6 nitrogen and oxygen atoms in total. The van der Waals surface area contributed by atoms with Gasteiger partial charge >= 0.3 is 0 Å². The average molecular weight is 332 g/mol. The maximum atomic E-state index is 13.9. The lowest BCUT2D eigenvalue weighted by atomic mass is 10.2. The van der Waals surface area contributed by atoms with Crippen LogP contribution >= 0.6 is 0 Å². The molecule has 0 aliphatic carbocycles. The van der Waals surface area contributed by atoms with Crippen molar-refractivity contribution >= 4 is 15.7 Å². The van der Waals surface area contributed by atoms with Crippen molar-refractivity contribution in [1.82, 2.24) is 14.8 Å². The van der Waals surface area contributed by atoms with E-state index in [-0.39, 0.29) is 5.69 Å². The van der Waals surface area contributed by atoms with Gasteiger partial charge in [0.25, 0.3) is 10.0 Å². The Kier molecular flexibility index (Phi) is 3.83. The predicted octanol–water partition coefficient (Wildman–Crippen LogP) is 2.52. The summed E-state index contributed by atoms with van der Waals surface area (Å²) in [7, 11) is -4.01. The number of aromatic nitrogens is 3. The molecule has 0 saturated carbocycles. The molecule has 0 bridgehead atoms. The Balaban J connectivity index is 1.86. The topological polar surface area (TPSA) is 76.9 Å². The fourth-order valence-corrected chi connectivity index (χ4v) is 3.12. The highest BCUT2D eigenvalue weighted by molar-refractivity contribution is 7.92. The molecule has 0 aliphatic heterocycles. The van der Waals surface area contributed by atoms with Gasteiger partial charge in [0.15, 0.2) is 5.82 Å². The normalized spacial score (nSPS) is 11.4. The van der Waals surface area contributed by atoms with Gasteiger partial charge in [0.1, 0.15) is 10.7 Å². The van der Waals surface area contributed by atoms with Gasteiger partial charge in [-0.1, -0.05) is 6.07 Å². The molecular weight excluding hydrogens is 319 g/mol. The molecule has 0 unspecified atom stereocenters. The van der Waals surface area contributed by atoms with E-state index in [2.05, 4.69) is 14.8 Å². The molecule has 0 spiro atoms. The van der Waals surface area contributed by atoms with Gasteiger partial charge in [-0.25, -0.2) is 22.5 Å². The SMILES string of the molecule is Cc1ccc(S(=O)(=O)Nc2ccc(-n3cccn3)nc2)c(F)c1. The van der Waals surface area contributed by atoms with Gasteiger partial charge in [0.05, 0.1) is 11.9 Å². The summed E-state index contributed by atoms with van der Waals surface area (Å²) >= 11 is 0. The molecule has 0 atom stereocenters. The highest BCUT2D eigenvalue weighted by atomic mass is 32.2. The van der Waals surface area contributed by atoms with E-state index in [1.165, 1.54) is 35.1 Å². The zero-order valence-electron chi connectivity index (χ0n) is 12.1. The van der Waals surface area contributed by atoms with Crippen molar-refractivity contribution in [3.63, 3.8) is 0 Å². The molecule has 0 amide bonds. The molecule has 1 N–H and O–H groups in total. The highest BCUT2D eigenvalue weighted by Gasteiger charge is 2.19. The van der Waals surface area contributed by atoms with Crippen molar-refractivity contribution in [3.8, 4) is 5.82 Å². The summed E-state index contributed by atoms with van der Waals surface area (Å²) in [4.78, 5) is 3.71. The standard InChI is InChI=1S/C15H13FN4O2S/c1-11-3-5-14(13(16)9-11)23(21,22)19-12-4-6-15(17-10-12)20-8-2-7-18-20/h2-10,19H,1H3. The summed E-state index contributed by atoms with van der Waals surface area (Å²) < 4.78 is 42.2. The maximum Gasteiger partial charge on any atom is 0.264 e. The van der Waals surface area contributed by atoms with Crippen molar-refractivity contribution in [3.05, 3.63) is 66.4 Å². The van der Waals surface area contributed by atoms with E-state index in [9.17, 15) is 12.8 Å². The summed E-state index contributed by atoms with van der Waals surface area (Å²) in [6.07, 6.45) is 4.67. The average Bonchev–Trinajstić information content (AvgIpc) is 3.01. The van der Waals surface area contributed by atoms with E-state index in [1.807, 2.05) is 0 Å². The Morgan fingerprint density at radius 3 is 2.65 bits per heavy atom. The van der Waals surface area contributed by atoms with E-state index in [1.54, 1.807) is 31.5 Å². The number of nitrogens with one attached hydrogen (secondary N) is 1. The molecule has 8 heteroatoms. The lowest BCUT2D eigenvalue weighted by Crippen LogP contribution is -2.15. The number of halogens is 1. The number of sulfonamides is 1. The van der Waals surface area contributed by atoms with E-state index < -0.39 is 20.7 Å². The number of pyridine rings is 1. The Hall–Kier alpha value is -2.74. The van der Waals surface area contributed by atoms with Crippen LogP contribution in [-0.4, -0.2) is 23.2 Å². The van der Waals surface area contributed by atoms with Gasteiger partial charge in [-0.3, -0.25) is 4.72 Å². The largest absolute Gasteiger partial charge is 0.278 e. The van der Waals surface area contributed by atoms with E-state index in [0.717, 1.165) is 0 Å². The van der Waals surface area contributed by atoms with Gasteiger partial charge in [-0.2, -0.15) is 5.10 Å². The third kappa shape index (κ3) is 3.21. The van der Waals surface area contributed by atoms with Crippen LogP contribution < -0.4 is 4.72 Å². The van der Waals surface area contributed by atoms with E-state index in [0.29, 0.717) is 11.4 Å². The van der Waals surface area contributed by atoms with Crippen LogP contribution in [0, 0.1) is 12.7 Å². The lowest BCUT2D eigenvalue weighted by Gasteiger charge is -2.09. The van der Waals surface area contributed by atoms with Crippen molar-refractivity contribution < 1.29 is 12.8 Å². The Morgan fingerprint density at radius 2 is 2.04 bits per heavy atom. The summed E-state index contributed by atoms with van der Waals surface area (Å²) in [6, 6.07) is 8.84. The van der Waals surface area contributed by atoms with Crippen LogP contribution in [0.1, 0.15) is 5.56 Å². The van der Waals surface area contributed by atoms with Crippen LogP contribution in [0.3, 0.4) is 0 Å². The zero-order valence-corrected chi connectivity index (χ0v) is 13.0. The lowest BCUT2D eigenvalue weighted by molar-refractivity contribution is 0.569. The van der Waals surface area contributed by atoms with Crippen LogP contribution in [0.5, 0.6) is 0 Å². The van der Waals surface area contributed by atoms with Crippen LogP contribution in [0.25, 0.3) is 5.82 Å². The molecule has 0 radical (unpaired) electrons. The number of benzene rings is 1. The minimum Gasteiger partial charge on any atom is -0.278 e. The van der Waals surface area contributed by atoms with E-state index >= 15 is 0 Å². The first kappa shape index (κ1) is 15.2. The minimum absolute atomic E-state index is 0.237. The third-order valence-electron chi connectivity index (χ3n) is 3.12. The van der Waals surface area contributed by atoms with Crippen LogP contribution in [0.4, 0.5) is 10.1 Å². The fourth-order valence-electron chi connectivity index (χ4n) is 2.02. The number of hydrogen-bond acceptors (Lipinski definition) is 4. The van der Waals surface area contributed by atoms with Gasteiger partial charge in [0, 0.05) is 12.4 Å². The summed E-state index contributed by atoms with van der Waals surface area (Å²) in [5.41, 5.74) is 0.882. The number of nitrogens with zero attached hydrogens (tertiary/aromatic N) is 3. The molecular formula is C15H13FN4O2S. The number of hydrogen-bond donors (Lipinski definition) is 1. The Morgan fingerprint density at radius 1 is 1.22 bits per heavy atom. The fraction of sp³-hybridized carbons (Fsp3) is 0.0667. The Bertz CT molecular complexity index is 923. The smallest absolute Gasteiger partial charge is 0.264 e. The van der Waals surface area contributed by atoms with E-state index in [4.69, 9.17) is 0 Å². The van der Waals surface area contributed by atoms with Crippen LogP contribution in [0.15, 0.2) is 59.9 Å². The molecule has 1 aromatic carbocycles. The molecule has 3 rings (SSSR count). The van der Waals surface area contributed by atoms with Crippen molar-refractivity contribution in [2.45, 2.75) is 11.8 Å². The van der Waals surface area contributed by atoms with Gasteiger partial charge in [-0.15, -0.1) is 0 Å². The zero-order chi connectivity index (χ0) is 16.4. The molecule has 0 aliphatic rings. The third-order valence-corrected chi connectivity index (χ3v) is 4.53. The molecule has 3 aromatic rings. The second kappa shape index (κ2) is 5.81. The van der Waals surface area contributed by atoms with Crippen molar-refractivity contribution in [2.75, 3.05) is 4.72 Å². The second-order valence-electron chi connectivity index (χ2n) is 4.90. The molecule has 2 heterocycles. The molecule has 2 aromatic heterocycles. The molecule has 118 valence electrons. The van der Waals surface area contributed by atoms with Crippen LogP contribution in [-0.2, 0) is 10.0 Å². The summed E-state index contributed by atoms with van der Waals surface area (Å²) in [6.45, 7) is 1.69. The molecule has 23 heavy (non-hydrogen) atoms. The first-order valence-electron chi connectivity index (χ1n) is 6.71. The predicted molar refractivity (Wildman–Crippen MR) is 83.3 cm³/mol. The monoisotopic (exact) mass is 332 g/mol. The Labute approximate surface area is 132 Å². The number of rotatable bonds is 4. The molecule has 0 saturated heterocycles. The quantitative estimate of drug-likeness (QED) is 0.796. The summed E-state index contributed by atoms with van der Waals surface area (Å²) in [5.74, 6) is -0.252. The number of aryl methyl sites for hydroxylation is 1. The first-order chi connectivity index (χ1) is 11.0. The van der Waals surface area contributed by atoms with Gasteiger partial charge in [0.2, 0.25) is 0 Å². The summed E-state index contributed by atoms with van der Waals surface area (Å²) in [5, 5.41) is 4.02. The van der Waals surface area contributed by atoms with Gasteiger partial charge < -0.3 is 0 Å². The van der Waals surface area contributed by atoms with Crippen molar-refractivity contribution in [1.29, 1.82) is 0 Å². The van der Waals surface area contributed by atoms with Crippen LogP contribution in [0.2, 0.25) is 0 Å². The molecule has 0 fully saturated rings. The minimum atomic E-state index is -4.01. The van der Waals surface area contributed by atoms with Gasteiger partial charge in [-0.05, 0) is 42.8 Å². The highest BCUT2D eigenvalue weighted by Crippen LogP contribution is 2.19. The second-order valence-corrected chi connectivity index (χ2v) is 6.55. The maximum absolute atomic E-state index is 13.9. The number of anilines is 1. The van der Waals surface area contributed by atoms with Crippen molar-refractivity contribution in [2.24, 2.45) is 0 Å².